The van der Waals surface area contributed by atoms with Crippen LogP contribution in [0, 0.1) is 0 Å². The summed E-state index contributed by atoms with van der Waals surface area (Å²) in [5.74, 6) is 0.103. The molecular weight excluding hydrogens is 318 g/mol. The lowest BCUT2D eigenvalue weighted by molar-refractivity contribution is -0.165. The van der Waals surface area contributed by atoms with Gasteiger partial charge in [0, 0.05) is 25.4 Å². The third-order valence-electron chi connectivity index (χ3n) is 5.46. The first kappa shape index (κ1) is 18.4. The maximum atomic E-state index is 13.1. The summed E-state index contributed by atoms with van der Waals surface area (Å²) in [6, 6.07) is 0. The van der Waals surface area contributed by atoms with Crippen LogP contribution in [0.2, 0.25) is 0 Å². The molecule has 140 valence electrons. The van der Waals surface area contributed by atoms with Crippen molar-refractivity contribution in [2.75, 3.05) is 19.7 Å². The van der Waals surface area contributed by atoms with Gasteiger partial charge in [-0.1, -0.05) is 26.2 Å². The molecule has 1 aliphatic carbocycles. The molecule has 0 N–H and O–H groups in total. The smallest absolute Gasteiger partial charge is 0.251 e. The van der Waals surface area contributed by atoms with Gasteiger partial charge >= 0.3 is 0 Å². The van der Waals surface area contributed by atoms with Crippen molar-refractivity contribution in [3.8, 4) is 0 Å². The van der Waals surface area contributed by atoms with Crippen LogP contribution in [0.3, 0.4) is 0 Å². The van der Waals surface area contributed by atoms with Crippen molar-refractivity contribution in [3.63, 3.8) is 0 Å². The number of aromatic nitrogens is 2. The Labute approximate surface area is 150 Å². The van der Waals surface area contributed by atoms with Crippen LogP contribution in [-0.2, 0) is 26.9 Å². The average molecular weight is 349 g/mol. The molecule has 1 amide bonds. The molecule has 0 unspecified atom stereocenters. The second-order valence-corrected chi connectivity index (χ2v) is 7.53. The van der Waals surface area contributed by atoms with Crippen LogP contribution in [0.5, 0.6) is 0 Å². The molecule has 0 aromatic carbocycles. The van der Waals surface area contributed by atoms with Crippen LogP contribution in [0.4, 0.5) is 0 Å². The van der Waals surface area contributed by atoms with E-state index in [1.165, 1.54) is 19.3 Å². The third-order valence-corrected chi connectivity index (χ3v) is 5.46. The van der Waals surface area contributed by atoms with Gasteiger partial charge < -0.3 is 14.4 Å². The fourth-order valence-electron chi connectivity index (χ4n) is 3.89. The van der Waals surface area contributed by atoms with E-state index in [2.05, 4.69) is 5.10 Å². The molecule has 25 heavy (non-hydrogen) atoms. The molecule has 1 aromatic rings. The maximum absolute atomic E-state index is 13.1. The molecule has 6 nitrogen and oxygen atoms in total. The Morgan fingerprint density at radius 1 is 1.44 bits per heavy atom. The van der Waals surface area contributed by atoms with Crippen LogP contribution in [-0.4, -0.2) is 52.5 Å². The standard InChI is InChI=1S/C19H31N3O3/c1-4-17(25-16-8-6-5-7-9-16)18(23)22-10-11-24-19(2,14-22)15-12-20-21(3)13-15/h12-13,16-17H,4-11,14H2,1-3H3/t17-,19-/m0/s1. The summed E-state index contributed by atoms with van der Waals surface area (Å²) in [6.45, 7) is 5.77. The van der Waals surface area contributed by atoms with E-state index >= 15 is 0 Å². The monoisotopic (exact) mass is 349 g/mol. The molecular formula is C19H31N3O3. The highest BCUT2D eigenvalue weighted by molar-refractivity contribution is 5.81. The molecule has 1 aliphatic heterocycles. The van der Waals surface area contributed by atoms with Gasteiger partial charge in [0.05, 0.1) is 25.5 Å². The van der Waals surface area contributed by atoms with Gasteiger partial charge in [0.25, 0.3) is 5.91 Å². The third kappa shape index (κ3) is 4.23. The molecule has 0 bridgehead atoms. The minimum Gasteiger partial charge on any atom is -0.367 e. The Balaban J connectivity index is 1.65. The normalized spacial score (nSPS) is 26.6. The van der Waals surface area contributed by atoms with Crippen molar-refractivity contribution < 1.29 is 14.3 Å². The maximum Gasteiger partial charge on any atom is 0.251 e. The zero-order valence-corrected chi connectivity index (χ0v) is 15.7. The van der Waals surface area contributed by atoms with Gasteiger partial charge in [0.2, 0.25) is 0 Å². The zero-order valence-electron chi connectivity index (χ0n) is 15.7. The molecule has 3 rings (SSSR count). The summed E-state index contributed by atoms with van der Waals surface area (Å²) >= 11 is 0. The molecule has 6 heteroatoms. The molecule has 2 atom stereocenters. The van der Waals surface area contributed by atoms with Crippen molar-refractivity contribution in [2.45, 2.75) is 70.2 Å². The first-order valence-electron chi connectivity index (χ1n) is 9.59. The lowest BCUT2D eigenvalue weighted by atomic mass is 9.96. The number of nitrogens with zero attached hydrogens (tertiary/aromatic N) is 3. The average Bonchev–Trinajstić information content (AvgIpc) is 3.07. The Morgan fingerprint density at radius 3 is 2.84 bits per heavy atom. The highest BCUT2D eigenvalue weighted by Crippen LogP contribution is 2.30. The molecule has 0 radical (unpaired) electrons. The Hall–Kier alpha value is -1.40. The van der Waals surface area contributed by atoms with Gasteiger partial charge in [0.1, 0.15) is 11.7 Å². The molecule has 1 saturated heterocycles. The second-order valence-electron chi connectivity index (χ2n) is 7.53. The van der Waals surface area contributed by atoms with E-state index in [0.29, 0.717) is 19.7 Å². The van der Waals surface area contributed by atoms with Gasteiger partial charge in [-0.25, -0.2) is 0 Å². The molecule has 2 fully saturated rings. The van der Waals surface area contributed by atoms with Crippen molar-refractivity contribution >= 4 is 5.91 Å². The summed E-state index contributed by atoms with van der Waals surface area (Å²) in [7, 11) is 1.89. The number of carbonyl (C=O) groups excluding carboxylic acids is 1. The first-order valence-corrected chi connectivity index (χ1v) is 9.59. The lowest BCUT2D eigenvalue weighted by Crippen LogP contribution is -2.53. The Bertz CT molecular complexity index is 582. The van der Waals surface area contributed by atoms with E-state index in [9.17, 15) is 4.79 Å². The van der Waals surface area contributed by atoms with Crippen molar-refractivity contribution in [2.24, 2.45) is 7.05 Å². The van der Waals surface area contributed by atoms with E-state index in [0.717, 1.165) is 24.8 Å². The summed E-state index contributed by atoms with van der Waals surface area (Å²) in [4.78, 5) is 15.0. The molecule has 0 spiro atoms. The highest BCUT2D eigenvalue weighted by Gasteiger charge is 2.38. The number of carbonyl (C=O) groups is 1. The minimum absolute atomic E-state index is 0.103. The van der Waals surface area contributed by atoms with Gasteiger partial charge in [-0.2, -0.15) is 5.10 Å². The minimum atomic E-state index is -0.509. The predicted octanol–water partition coefficient (Wildman–Crippen LogP) is 2.62. The molecule has 1 aromatic heterocycles. The number of morpholine rings is 1. The zero-order chi connectivity index (χ0) is 17.9. The van der Waals surface area contributed by atoms with Crippen LogP contribution >= 0.6 is 0 Å². The van der Waals surface area contributed by atoms with E-state index < -0.39 is 5.60 Å². The summed E-state index contributed by atoms with van der Waals surface area (Å²) in [5, 5.41) is 4.24. The van der Waals surface area contributed by atoms with Crippen molar-refractivity contribution in [1.29, 1.82) is 0 Å². The lowest BCUT2D eigenvalue weighted by Gasteiger charge is -2.41. The summed E-state index contributed by atoms with van der Waals surface area (Å²) in [5.41, 5.74) is 0.499. The quantitative estimate of drug-likeness (QED) is 0.820. The van der Waals surface area contributed by atoms with Crippen molar-refractivity contribution in [1.82, 2.24) is 14.7 Å². The fraction of sp³-hybridized carbons (Fsp3) is 0.789. The van der Waals surface area contributed by atoms with E-state index in [1.54, 1.807) is 4.68 Å². The van der Waals surface area contributed by atoms with Gasteiger partial charge in [-0.15, -0.1) is 0 Å². The number of hydrogen-bond donors (Lipinski definition) is 0. The van der Waals surface area contributed by atoms with Gasteiger partial charge in [0.15, 0.2) is 0 Å². The SMILES string of the molecule is CC[C@H](OC1CCCCC1)C(=O)N1CCO[C@](C)(c2cnn(C)c2)C1. The molecule has 2 aliphatic rings. The molecule has 2 heterocycles. The number of aryl methyl sites for hydroxylation is 1. The summed E-state index contributed by atoms with van der Waals surface area (Å²) in [6.07, 6.45) is 10.3. The summed E-state index contributed by atoms with van der Waals surface area (Å²) < 4.78 is 14.0. The highest BCUT2D eigenvalue weighted by atomic mass is 16.5. The number of hydrogen-bond acceptors (Lipinski definition) is 4. The van der Waals surface area contributed by atoms with E-state index in [4.69, 9.17) is 9.47 Å². The second kappa shape index (κ2) is 7.87. The van der Waals surface area contributed by atoms with E-state index in [1.807, 2.05) is 38.2 Å². The number of rotatable bonds is 5. The van der Waals surface area contributed by atoms with Crippen molar-refractivity contribution in [3.05, 3.63) is 18.0 Å². The van der Waals surface area contributed by atoms with Crippen LogP contribution in [0.15, 0.2) is 12.4 Å². The predicted molar refractivity (Wildman–Crippen MR) is 95.1 cm³/mol. The number of amides is 1. The Kier molecular flexibility index (Phi) is 5.79. The van der Waals surface area contributed by atoms with Crippen LogP contribution < -0.4 is 0 Å². The Morgan fingerprint density at radius 2 is 2.20 bits per heavy atom. The fourth-order valence-corrected chi connectivity index (χ4v) is 3.89. The van der Waals surface area contributed by atoms with Gasteiger partial charge in [-0.3, -0.25) is 9.48 Å². The topological polar surface area (TPSA) is 56.6 Å². The largest absolute Gasteiger partial charge is 0.367 e. The number of ether oxygens (including phenoxy) is 2. The first-order chi connectivity index (χ1) is 12.0. The van der Waals surface area contributed by atoms with Crippen LogP contribution in [0.1, 0.15) is 57.9 Å². The van der Waals surface area contributed by atoms with Crippen LogP contribution in [0.25, 0.3) is 0 Å². The van der Waals surface area contributed by atoms with E-state index in [-0.39, 0.29) is 18.1 Å². The molecule has 1 saturated carbocycles. The van der Waals surface area contributed by atoms with Gasteiger partial charge in [-0.05, 0) is 26.2 Å².